The number of nitrogens with one attached hydrogen (secondary N) is 1. The van der Waals surface area contributed by atoms with Crippen LogP contribution in [-0.2, 0) is 21.4 Å². The minimum Gasteiger partial charge on any atom is -0.342 e. The number of hydrogen-bond acceptors (Lipinski definition) is 5. The molecule has 0 saturated heterocycles. The maximum Gasteiger partial charge on any atom is 0.254 e. The van der Waals surface area contributed by atoms with Gasteiger partial charge in [-0.15, -0.1) is 0 Å². The van der Waals surface area contributed by atoms with E-state index in [-0.39, 0.29) is 35.6 Å². The van der Waals surface area contributed by atoms with E-state index < -0.39 is 10.0 Å². The fourth-order valence-electron chi connectivity index (χ4n) is 3.07. The van der Waals surface area contributed by atoms with E-state index in [4.69, 9.17) is 0 Å². The fraction of sp³-hybridized carbons (Fsp3) is 0.348. The maximum absolute atomic E-state index is 12.6. The van der Waals surface area contributed by atoms with Crippen molar-refractivity contribution in [2.75, 3.05) is 26.7 Å². The van der Waals surface area contributed by atoms with Crippen molar-refractivity contribution in [3.05, 3.63) is 65.2 Å². The average molecular weight is 460 g/mol. The van der Waals surface area contributed by atoms with Crippen LogP contribution < -0.4 is 4.72 Å². The highest BCUT2D eigenvalue weighted by Gasteiger charge is 2.18. The molecular weight excluding hydrogens is 430 g/mol. The quantitative estimate of drug-likeness (QED) is 0.549. The molecule has 0 radical (unpaired) electrons. The van der Waals surface area contributed by atoms with Gasteiger partial charge in [0.15, 0.2) is 5.78 Å². The average Bonchev–Trinajstić information content (AvgIpc) is 2.78. The summed E-state index contributed by atoms with van der Waals surface area (Å²) in [7, 11) is -2.17. The number of nitrogens with zero attached hydrogens (tertiary/aromatic N) is 2. The van der Waals surface area contributed by atoms with Crippen molar-refractivity contribution < 1.29 is 22.8 Å². The van der Waals surface area contributed by atoms with Gasteiger partial charge in [-0.1, -0.05) is 24.3 Å². The summed E-state index contributed by atoms with van der Waals surface area (Å²) in [5.41, 5.74) is 1.52. The van der Waals surface area contributed by atoms with Crippen LogP contribution >= 0.6 is 0 Å². The Bertz CT molecular complexity index is 1060. The summed E-state index contributed by atoms with van der Waals surface area (Å²) in [5, 5.41) is 0. The van der Waals surface area contributed by atoms with E-state index in [0.29, 0.717) is 29.8 Å². The van der Waals surface area contributed by atoms with Crippen LogP contribution in [-0.4, -0.2) is 62.5 Å². The Balaban J connectivity index is 1.99. The molecule has 0 aliphatic carbocycles. The van der Waals surface area contributed by atoms with Gasteiger partial charge in [-0.25, -0.2) is 13.1 Å². The smallest absolute Gasteiger partial charge is 0.254 e. The highest BCUT2D eigenvalue weighted by molar-refractivity contribution is 7.89. The third-order valence-corrected chi connectivity index (χ3v) is 6.49. The first kappa shape index (κ1) is 25.2. The molecule has 0 aromatic heterocycles. The highest BCUT2D eigenvalue weighted by atomic mass is 32.2. The molecule has 2 amide bonds. The Morgan fingerprint density at radius 2 is 1.41 bits per heavy atom. The van der Waals surface area contributed by atoms with Crippen molar-refractivity contribution in [1.82, 2.24) is 14.5 Å². The van der Waals surface area contributed by atoms with Crippen molar-refractivity contribution in [2.45, 2.75) is 32.2 Å². The first-order valence-corrected chi connectivity index (χ1v) is 11.8. The molecule has 172 valence electrons. The van der Waals surface area contributed by atoms with Crippen molar-refractivity contribution >= 4 is 27.6 Å². The van der Waals surface area contributed by atoms with Crippen molar-refractivity contribution in [2.24, 2.45) is 0 Å². The lowest BCUT2D eigenvalue weighted by Crippen LogP contribution is -2.41. The van der Waals surface area contributed by atoms with E-state index in [1.165, 1.54) is 36.1 Å². The van der Waals surface area contributed by atoms with Gasteiger partial charge in [0.1, 0.15) is 0 Å². The van der Waals surface area contributed by atoms with Gasteiger partial charge in [0.05, 0.1) is 11.4 Å². The van der Waals surface area contributed by atoms with Gasteiger partial charge in [-0.05, 0) is 50.6 Å². The van der Waals surface area contributed by atoms with Crippen LogP contribution in [0.1, 0.15) is 47.1 Å². The van der Waals surface area contributed by atoms with Gasteiger partial charge in [-0.3, -0.25) is 14.4 Å². The standard InChI is InChI=1S/C23H29N3O5S/c1-5-26(6-2)22(28)16-25(4)23(29)20-9-7-18(8-10-20)15-24-32(30,31)21-13-11-19(12-14-21)17(3)27/h7-14,24H,5-6,15-16H2,1-4H3. The monoisotopic (exact) mass is 459 g/mol. The first-order chi connectivity index (χ1) is 15.1. The molecule has 8 nitrogen and oxygen atoms in total. The molecular formula is C23H29N3O5S. The summed E-state index contributed by atoms with van der Waals surface area (Å²) in [4.78, 5) is 39.2. The van der Waals surface area contributed by atoms with E-state index in [0.717, 1.165) is 0 Å². The van der Waals surface area contributed by atoms with Crippen LogP contribution in [0.5, 0.6) is 0 Å². The molecule has 0 bridgehead atoms. The lowest BCUT2D eigenvalue weighted by molar-refractivity contribution is -0.131. The molecule has 2 aromatic rings. The molecule has 1 N–H and O–H groups in total. The second-order valence-electron chi connectivity index (χ2n) is 7.33. The molecule has 0 unspecified atom stereocenters. The van der Waals surface area contributed by atoms with E-state index in [1.807, 2.05) is 13.8 Å². The summed E-state index contributed by atoms with van der Waals surface area (Å²) >= 11 is 0. The lowest BCUT2D eigenvalue weighted by Gasteiger charge is -2.23. The summed E-state index contributed by atoms with van der Waals surface area (Å²) in [6, 6.07) is 12.2. The van der Waals surface area contributed by atoms with Crippen LogP contribution in [0.2, 0.25) is 0 Å². The largest absolute Gasteiger partial charge is 0.342 e. The molecule has 0 aliphatic rings. The molecule has 0 saturated carbocycles. The normalized spacial score (nSPS) is 11.1. The van der Waals surface area contributed by atoms with Gasteiger partial charge < -0.3 is 9.80 Å². The Labute approximate surface area is 189 Å². The summed E-state index contributed by atoms with van der Waals surface area (Å²) < 4.78 is 27.4. The highest BCUT2D eigenvalue weighted by Crippen LogP contribution is 2.13. The van der Waals surface area contributed by atoms with E-state index >= 15 is 0 Å². The minimum absolute atomic E-state index is 0.00944. The topological polar surface area (TPSA) is 104 Å². The third-order valence-electron chi connectivity index (χ3n) is 5.07. The van der Waals surface area contributed by atoms with Crippen LogP contribution in [0.25, 0.3) is 0 Å². The second kappa shape index (κ2) is 11.0. The van der Waals surface area contributed by atoms with Gasteiger partial charge in [0.25, 0.3) is 5.91 Å². The number of benzene rings is 2. The molecule has 32 heavy (non-hydrogen) atoms. The fourth-order valence-corrected chi connectivity index (χ4v) is 4.08. The SMILES string of the molecule is CCN(CC)C(=O)CN(C)C(=O)c1ccc(CNS(=O)(=O)c2ccc(C(C)=O)cc2)cc1. The predicted molar refractivity (Wildman–Crippen MR) is 122 cm³/mol. The van der Waals surface area contributed by atoms with Gasteiger partial charge >= 0.3 is 0 Å². The van der Waals surface area contributed by atoms with Crippen molar-refractivity contribution in [3.63, 3.8) is 0 Å². The maximum atomic E-state index is 12.6. The minimum atomic E-state index is -3.75. The van der Waals surface area contributed by atoms with Crippen LogP contribution in [0.4, 0.5) is 0 Å². The molecule has 0 fully saturated rings. The molecule has 9 heteroatoms. The number of carbonyl (C=O) groups is 3. The van der Waals surface area contributed by atoms with E-state index in [2.05, 4.69) is 4.72 Å². The zero-order chi connectivity index (χ0) is 23.9. The number of Topliss-reactive ketones (excluding diaryl/α,β-unsaturated/α-hetero) is 1. The molecule has 0 spiro atoms. The number of ketones is 1. The number of sulfonamides is 1. The third kappa shape index (κ3) is 6.48. The predicted octanol–water partition coefficient (Wildman–Crippen LogP) is 2.31. The first-order valence-electron chi connectivity index (χ1n) is 10.3. The Hall–Kier alpha value is -3.04. The number of hydrogen-bond donors (Lipinski definition) is 1. The Morgan fingerprint density at radius 3 is 1.91 bits per heavy atom. The molecule has 2 aromatic carbocycles. The summed E-state index contributed by atoms with van der Waals surface area (Å²) in [5.74, 6) is -0.545. The zero-order valence-electron chi connectivity index (χ0n) is 18.8. The number of amides is 2. The van der Waals surface area contributed by atoms with Crippen LogP contribution in [0, 0.1) is 0 Å². The molecule has 2 rings (SSSR count). The van der Waals surface area contributed by atoms with Gasteiger partial charge in [0.2, 0.25) is 15.9 Å². The van der Waals surface area contributed by atoms with E-state index in [9.17, 15) is 22.8 Å². The number of rotatable bonds is 10. The van der Waals surface area contributed by atoms with Crippen LogP contribution in [0.15, 0.2) is 53.4 Å². The van der Waals surface area contributed by atoms with Crippen molar-refractivity contribution in [3.8, 4) is 0 Å². The van der Waals surface area contributed by atoms with Gasteiger partial charge in [-0.2, -0.15) is 0 Å². The Morgan fingerprint density at radius 1 is 0.875 bits per heavy atom. The number of carbonyl (C=O) groups excluding carboxylic acids is 3. The molecule has 0 heterocycles. The van der Waals surface area contributed by atoms with Crippen molar-refractivity contribution in [1.29, 1.82) is 0 Å². The van der Waals surface area contributed by atoms with Crippen LogP contribution in [0.3, 0.4) is 0 Å². The Kier molecular flexibility index (Phi) is 8.68. The molecule has 0 atom stereocenters. The molecule has 0 aliphatic heterocycles. The second-order valence-corrected chi connectivity index (χ2v) is 9.10. The number of likely N-dealkylation sites (N-methyl/N-ethyl adjacent to an activating group) is 2. The zero-order valence-corrected chi connectivity index (χ0v) is 19.6. The van der Waals surface area contributed by atoms with Gasteiger partial charge in [0, 0.05) is 37.8 Å². The summed E-state index contributed by atoms with van der Waals surface area (Å²) in [6.07, 6.45) is 0. The lowest BCUT2D eigenvalue weighted by atomic mass is 10.1. The summed E-state index contributed by atoms with van der Waals surface area (Å²) in [6.45, 7) is 6.39. The van der Waals surface area contributed by atoms with E-state index in [1.54, 1.807) is 36.2 Å².